The van der Waals surface area contributed by atoms with Gasteiger partial charge < -0.3 is 16.4 Å². The first-order valence-corrected chi connectivity index (χ1v) is 0.508. The molecule has 7 heteroatoms. The molecule has 0 aliphatic heterocycles. The van der Waals surface area contributed by atoms with Crippen LogP contribution in [0.5, 0.6) is 0 Å². The van der Waals surface area contributed by atoms with Crippen LogP contribution < -0.4 is 0 Å². The van der Waals surface area contributed by atoms with Crippen LogP contribution in [0.25, 0.3) is 0 Å². The van der Waals surface area contributed by atoms with Crippen molar-refractivity contribution in [3.63, 3.8) is 0 Å². The average molecular weight is 408 g/mol. The summed E-state index contributed by atoms with van der Waals surface area (Å²) in [6, 6.07) is 0. The van der Waals surface area contributed by atoms with E-state index in [-0.39, 0.29) is 99.9 Å². The van der Waals surface area contributed by atoms with Gasteiger partial charge in [-0.15, -0.1) is 0 Å². The van der Waals surface area contributed by atoms with Crippen molar-refractivity contribution in [3.05, 3.63) is 0 Å². The summed E-state index contributed by atoms with van der Waals surface area (Å²) in [7, 11) is 0. The molecule has 7 heavy (non-hydrogen) atoms. The molecule has 0 amide bonds. The average Bonchev–Trinajstić information content (AvgIpc) is 1.00. The van der Waals surface area contributed by atoms with Gasteiger partial charge in [-0.05, 0) is 0 Å². The molecule has 0 aliphatic carbocycles. The molecule has 4 nitrogen and oxygen atoms in total. The summed E-state index contributed by atoms with van der Waals surface area (Å²) in [5.74, 6) is 0. The third-order valence-corrected chi connectivity index (χ3v) is 0. The Balaban J connectivity index is -0.000000000500. The minimum absolute atomic E-state index is 0. The van der Waals surface area contributed by atoms with E-state index in [2.05, 4.69) is 15.9 Å². The minimum atomic E-state index is 0. The van der Waals surface area contributed by atoms with Crippen LogP contribution in [0, 0.1) is 83.5 Å². The van der Waals surface area contributed by atoms with Crippen LogP contribution >= 0.6 is 0 Å². The van der Waals surface area contributed by atoms with Gasteiger partial charge in [-0.3, -0.25) is 0 Å². The van der Waals surface area contributed by atoms with Gasteiger partial charge in [0.1, 0.15) is 0 Å². The summed E-state index contributed by atoms with van der Waals surface area (Å²) >= 11 is 2.94. The van der Waals surface area contributed by atoms with Crippen molar-refractivity contribution in [1.29, 1.82) is 0 Å². The molecule has 0 saturated carbocycles. The van der Waals surface area contributed by atoms with Gasteiger partial charge >= 0.3 is 103 Å². The molecular formula is Ce2CuO4. The molecular weight excluding hydrogens is 408 g/mol. The first-order valence-electron chi connectivity index (χ1n) is 0.123. The maximum atomic E-state index is 7.81. The SMILES string of the molecule is [Ce+3].[Ce+3].[O-2].[O-2].[O-2].[O]=[Cu]. The summed E-state index contributed by atoms with van der Waals surface area (Å²) in [5.41, 5.74) is 0. The Morgan fingerprint density at radius 2 is 0.714 bits per heavy atom. The molecule has 0 saturated heterocycles. The molecule has 0 aliphatic rings. The van der Waals surface area contributed by atoms with Crippen LogP contribution in [0.3, 0.4) is 0 Å². The monoisotopic (exact) mass is 407 g/mol. The maximum absolute atomic E-state index is 7.81. The van der Waals surface area contributed by atoms with E-state index in [0.29, 0.717) is 0 Å². The Bertz CT molecular complexity index is 9.65. The van der Waals surface area contributed by atoms with E-state index in [0.717, 1.165) is 0 Å². The van der Waals surface area contributed by atoms with E-state index >= 15 is 0 Å². The number of rotatable bonds is 0. The molecule has 0 fully saturated rings. The van der Waals surface area contributed by atoms with Crippen LogP contribution in [0.2, 0.25) is 0 Å². The summed E-state index contributed by atoms with van der Waals surface area (Å²) in [4.78, 5) is 0. The second kappa shape index (κ2) is 64.9. The molecule has 0 aromatic carbocycles. The van der Waals surface area contributed by atoms with Crippen molar-refractivity contribution in [2.75, 3.05) is 0 Å². The summed E-state index contributed by atoms with van der Waals surface area (Å²) in [6.45, 7) is 0. The van der Waals surface area contributed by atoms with Gasteiger partial charge in [0.15, 0.2) is 0 Å². The van der Waals surface area contributed by atoms with Gasteiger partial charge in [-0.2, -0.15) is 0 Å². The van der Waals surface area contributed by atoms with Gasteiger partial charge in [0.25, 0.3) is 0 Å². The van der Waals surface area contributed by atoms with Gasteiger partial charge in [-0.1, -0.05) is 0 Å². The molecule has 0 aromatic rings. The first kappa shape index (κ1) is 51.1. The topological polar surface area (TPSA) is 103 Å². The summed E-state index contributed by atoms with van der Waals surface area (Å²) < 4.78 is 7.81. The zero-order valence-electron chi connectivity index (χ0n) is 2.93. The number of hydrogen-bond donors (Lipinski definition) is 0. The van der Waals surface area contributed by atoms with Crippen molar-refractivity contribution in [2.24, 2.45) is 0 Å². The third-order valence-electron chi connectivity index (χ3n) is 0. The van der Waals surface area contributed by atoms with Crippen molar-refractivity contribution in [1.82, 2.24) is 0 Å². The molecule has 0 N–H and O–H groups in total. The quantitative estimate of drug-likeness (QED) is 0.497. The molecule has 0 aromatic heterocycles. The van der Waals surface area contributed by atoms with Crippen molar-refractivity contribution >= 4 is 0 Å². The van der Waals surface area contributed by atoms with Crippen LogP contribution in [-0.2, 0) is 36.2 Å². The van der Waals surface area contributed by atoms with Crippen molar-refractivity contribution in [3.8, 4) is 0 Å². The second-order valence-corrected chi connectivity index (χ2v) is 0. The Kier molecular flexibility index (Phi) is 474. The molecule has 0 heterocycles. The Morgan fingerprint density at radius 1 is 0.714 bits per heavy atom. The molecule has 0 rings (SSSR count). The predicted molar refractivity (Wildman–Crippen MR) is 2.75 cm³/mol. The van der Waals surface area contributed by atoms with Crippen molar-refractivity contribution in [2.45, 2.75) is 0 Å². The van der Waals surface area contributed by atoms with E-state index < -0.39 is 0 Å². The van der Waals surface area contributed by atoms with Crippen LogP contribution in [0.15, 0.2) is 0 Å². The van der Waals surface area contributed by atoms with Crippen LogP contribution in [-0.4, -0.2) is 0 Å². The zero-order chi connectivity index (χ0) is 2.00. The Labute approximate surface area is 117 Å². The summed E-state index contributed by atoms with van der Waals surface area (Å²) in [6.07, 6.45) is 0. The van der Waals surface area contributed by atoms with E-state index in [4.69, 9.17) is 3.83 Å². The van der Waals surface area contributed by atoms with Gasteiger partial charge in [0.05, 0.1) is 0 Å². The van der Waals surface area contributed by atoms with Gasteiger partial charge in [-0.25, -0.2) is 0 Å². The fourth-order valence-electron chi connectivity index (χ4n) is 0. The standard InChI is InChI=1S/2Ce.Cu.4O/q2*+3;;;3*-2. The normalized spacial score (nSPS) is 0.857. The predicted octanol–water partition coefficient (Wildman–Crippen LogP) is -0.478. The Hall–Kier alpha value is 2.95. The molecule has 2 radical (unpaired) electrons. The molecule has 43 valence electrons. The van der Waals surface area contributed by atoms with Crippen molar-refractivity contribution < 1.29 is 120 Å². The molecule has 0 spiro atoms. The van der Waals surface area contributed by atoms with E-state index in [9.17, 15) is 0 Å². The fourth-order valence-corrected chi connectivity index (χ4v) is 0. The third kappa shape index (κ3) is 49.6. The van der Waals surface area contributed by atoms with Gasteiger partial charge in [0.2, 0.25) is 0 Å². The van der Waals surface area contributed by atoms with Gasteiger partial charge in [0, 0.05) is 0 Å². The molecule has 0 bridgehead atoms. The fraction of sp³-hybridized carbons (Fsp3) is 0. The first-order chi connectivity index (χ1) is 1.00. The van der Waals surface area contributed by atoms with E-state index in [1.54, 1.807) is 0 Å². The second-order valence-electron chi connectivity index (χ2n) is 0. The zero-order valence-corrected chi connectivity index (χ0v) is 10.2. The molecule has 0 atom stereocenters. The van der Waals surface area contributed by atoms with Crippen LogP contribution in [0.1, 0.15) is 0 Å². The van der Waals surface area contributed by atoms with E-state index in [1.165, 1.54) is 0 Å². The summed E-state index contributed by atoms with van der Waals surface area (Å²) in [5, 5.41) is 0. The molecule has 0 unspecified atom stereocenters. The van der Waals surface area contributed by atoms with E-state index in [1.807, 2.05) is 0 Å². The Morgan fingerprint density at radius 3 is 0.714 bits per heavy atom. The number of hydrogen-bond acceptors (Lipinski definition) is 1. The van der Waals surface area contributed by atoms with Crippen LogP contribution in [0.4, 0.5) is 0 Å².